The molecule has 1 atom stereocenters. The first-order chi connectivity index (χ1) is 14.9. The standard InChI is InChI=1S/C22H20ClN3O5/c1-14(25-22(27)18-12-17(26(28)29)4-5-19(18)23)16-3-6-20(21(11-16)30-2)31-13-15-7-9-24-10-8-15/h3-12,14H,13H2,1-2H3,(H,25,27). The number of aromatic nitrogens is 1. The molecule has 0 saturated carbocycles. The van der Waals surface area contributed by atoms with Crippen LogP contribution >= 0.6 is 11.6 Å². The first-order valence-electron chi connectivity index (χ1n) is 9.33. The molecule has 0 radical (unpaired) electrons. The van der Waals surface area contributed by atoms with Gasteiger partial charge in [-0.2, -0.15) is 0 Å². The summed E-state index contributed by atoms with van der Waals surface area (Å²) in [6.07, 6.45) is 3.38. The fourth-order valence-corrected chi connectivity index (χ4v) is 3.07. The van der Waals surface area contributed by atoms with Gasteiger partial charge in [0.2, 0.25) is 0 Å². The number of carbonyl (C=O) groups excluding carboxylic acids is 1. The number of nitro groups is 1. The van der Waals surface area contributed by atoms with E-state index in [4.69, 9.17) is 21.1 Å². The topological polar surface area (TPSA) is 104 Å². The molecule has 0 fully saturated rings. The zero-order chi connectivity index (χ0) is 22.4. The zero-order valence-corrected chi connectivity index (χ0v) is 17.6. The summed E-state index contributed by atoms with van der Waals surface area (Å²) in [5.41, 5.74) is 1.56. The normalized spacial score (nSPS) is 11.5. The van der Waals surface area contributed by atoms with Gasteiger partial charge in [-0.3, -0.25) is 19.9 Å². The van der Waals surface area contributed by atoms with E-state index in [-0.39, 0.29) is 16.3 Å². The monoisotopic (exact) mass is 441 g/mol. The molecule has 0 spiro atoms. The molecule has 0 aliphatic carbocycles. The summed E-state index contributed by atoms with van der Waals surface area (Å²) >= 11 is 6.06. The van der Waals surface area contributed by atoms with Gasteiger partial charge >= 0.3 is 0 Å². The molecule has 8 nitrogen and oxygen atoms in total. The van der Waals surface area contributed by atoms with Crippen LogP contribution in [0.2, 0.25) is 5.02 Å². The summed E-state index contributed by atoms with van der Waals surface area (Å²) in [5.74, 6) is 0.558. The minimum absolute atomic E-state index is 0.0342. The van der Waals surface area contributed by atoms with Crippen LogP contribution in [0.1, 0.15) is 34.5 Å². The van der Waals surface area contributed by atoms with Crippen molar-refractivity contribution in [3.05, 3.63) is 92.8 Å². The molecule has 1 unspecified atom stereocenters. The number of ether oxygens (including phenoxy) is 2. The second-order valence-electron chi connectivity index (χ2n) is 6.67. The molecule has 3 aromatic rings. The van der Waals surface area contributed by atoms with Crippen molar-refractivity contribution in [2.45, 2.75) is 19.6 Å². The number of nitro benzene ring substituents is 1. The van der Waals surface area contributed by atoms with Crippen molar-refractivity contribution in [3.63, 3.8) is 0 Å². The van der Waals surface area contributed by atoms with E-state index in [0.717, 1.165) is 17.2 Å². The smallest absolute Gasteiger partial charge is 0.270 e. The van der Waals surface area contributed by atoms with Crippen molar-refractivity contribution in [2.24, 2.45) is 0 Å². The number of carbonyl (C=O) groups is 1. The maximum atomic E-state index is 12.6. The molecule has 0 aliphatic heterocycles. The van der Waals surface area contributed by atoms with E-state index < -0.39 is 16.9 Å². The Morgan fingerprint density at radius 1 is 1.16 bits per heavy atom. The second kappa shape index (κ2) is 9.90. The van der Waals surface area contributed by atoms with Crippen LogP contribution in [0, 0.1) is 10.1 Å². The van der Waals surface area contributed by atoms with E-state index in [1.54, 1.807) is 31.5 Å². The van der Waals surface area contributed by atoms with Crippen LogP contribution in [0.4, 0.5) is 5.69 Å². The molecular formula is C22H20ClN3O5. The van der Waals surface area contributed by atoms with Gasteiger partial charge in [0.15, 0.2) is 11.5 Å². The molecule has 1 heterocycles. The number of pyridine rings is 1. The minimum atomic E-state index is -0.577. The molecule has 31 heavy (non-hydrogen) atoms. The molecule has 1 N–H and O–H groups in total. The Balaban J connectivity index is 1.73. The Labute approximate surface area is 183 Å². The SMILES string of the molecule is COc1cc(C(C)NC(=O)c2cc([N+](=O)[O-])ccc2Cl)ccc1OCc1ccncc1. The highest BCUT2D eigenvalue weighted by Crippen LogP contribution is 2.31. The Morgan fingerprint density at radius 2 is 1.90 bits per heavy atom. The molecule has 2 aromatic carbocycles. The first-order valence-corrected chi connectivity index (χ1v) is 9.71. The minimum Gasteiger partial charge on any atom is -0.493 e. The summed E-state index contributed by atoms with van der Waals surface area (Å²) in [6, 6.07) is 12.4. The molecule has 9 heteroatoms. The predicted molar refractivity (Wildman–Crippen MR) is 116 cm³/mol. The molecule has 0 bridgehead atoms. The molecule has 0 aliphatic rings. The van der Waals surface area contributed by atoms with Crippen LogP contribution in [-0.2, 0) is 6.61 Å². The van der Waals surface area contributed by atoms with E-state index >= 15 is 0 Å². The summed E-state index contributed by atoms with van der Waals surface area (Å²) in [6.45, 7) is 2.14. The number of amides is 1. The van der Waals surface area contributed by atoms with E-state index in [1.807, 2.05) is 18.2 Å². The van der Waals surface area contributed by atoms with Crippen molar-refractivity contribution < 1.29 is 19.2 Å². The Bertz CT molecular complexity index is 1090. The number of nitrogens with zero attached hydrogens (tertiary/aromatic N) is 2. The van der Waals surface area contributed by atoms with E-state index in [2.05, 4.69) is 10.3 Å². The van der Waals surface area contributed by atoms with Gasteiger partial charge in [-0.05, 0) is 48.4 Å². The highest BCUT2D eigenvalue weighted by molar-refractivity contribution is 6.34. The number of hydrogen-bond donors (Lipinski definition) is 1. The maximum Gasteiger partial charge on any atom is 0.270 e. The second-order valence-corrected chi connectivity index (χ2v) is 7.08. The predicted octanol–water partition coefficient (Wildman–Crippen LogP) is 4.72. The third kappa shape index (κ3) is 5.49. The van der Waals surface area contributed by atoms with Crippen molar-refractivity contribution in [1.29, 1.82) is 0 Å². The number of nitrogens with one attached hydrogen (secondary N) is 1. The molecule has 160 valence electrons. The van der Waals surface area contributed by atoms with Gasteiger partial charge < -0.3 is 14.8 Å². The number of non-ortho nitro benzene ring substituents is 1. The third-order valence-electron chi connectivity index (χ3n) is 4.58. The fraction of sp³-hybridized carbons (Fsp3) is 0.182. The van der Waals surface area contributed by atoms with E-state index in [1.165, 1.54) is 19.2 Å². The summed E-state index contributed by atoms with van der Waals surface area (Å²) in [4.78, 5) is 27.0. The van der Waals surface area contributed by atoms with Crippen molar-refractivity contribution in [3.8, 4) is 11.5 Å². The van der Waals surface area contributed by atoms with Crippen LogP contribution < -0.4 is 14.8 Å². The van der Waals surface area contributed by atoms with Gasteiger partial charge in [0.25, 0.3) is 11.6 Å². The molecule has 0 saturated heterocycles. The average molecular weight is 442 g/mol. The van der Waals surface area contributed by atoms with Crippen LogP contribution in [0.25, 0.3) is 0 Å². The number of methoxy groups -OCH3 is 1. The number of benzene rings is 2. The van der Waals surface area contributed by atoms with Gasteiger partial charge in [0.05, 0.1) is 28.7 Å². The largest absolute Gasteiger partial charge is 0.493 e. The highest BCUT2D eigenvalue weighted by atomic mass is 35.5. The Hall–Kier alpha value is -3.65. The van der Waals surface area contributed by atoms with Crippen molar-refractivity contribution >= 4 is 23.2 Å². The lowest BCUT2D eigenvalue weighted by Crippen LogP contribution is -2.27. The van der Waals surface area contributed by atoms with Crippen molar-refractivity contribution in [2.75, 3.05) is 7.11 Å². The first kappa shape index (κ1) is 22.0. The van der Waals surface area contributed by atoms with E-state index in [0.29, 0.717) is 18.1 Å². The van der Waals surface area contributed by atoms with Gasteiger partial charge in [-0.25, -0.2) is 0 Å². The Kier molecular flexibility index (Phi) is 7.04. The average Bonchev–Trinajstić information content (AvgIpc) is 2.78. The van der Waals surface area contributed by atoms with E-state index in [9.17, 15) is 14.9 Å². The number of rotatable bonds is 8. The molecule has 3 rings (SSSR count). The van der Waals surface area contributed by atoms with Gasteiger partial charge in [-0.1, -0.05) is 17.7 Å². The lowest BCUT2D eigenvalue weighted by atomic mass is 10.1. The fourth-order valence-electron chi connectivity index (χ4n) is 2.87. The third-order valence-corrected chi connectivity index (χ3v) is 4.91. The van der Waals surface area contributed by atoms with Crippen LogP contribution in [0.3, 0.4) is 0 Å². The summed E-state index contributed by atoms with van der Waals surface area (Å²) in [5, 5.41) is 13.9. The quantitative estimate of drug-likeness (QED) is 0.400. The summed E-state index contributed by atoms with van der Waals surface area (Å²) < 4.78 is 11.3. The Morgan fingerprint density at radius 3 is 2.58 bits per heavy atom. The zero-order valence-electron chi connectivity index (χ0n) is 16.9. The highest BCUT2D eigenvalue weighted by Gasteiger charge is 2.19. The molecule has 1 amide bonds. The van der Waals surface area contributed by atoms with Crippen LogP contribution in [0.5, 0.6) is 11.5 Å². The number of hydrogen-bond acceptors (Lipinski definition) is 6. The molecule has 1 aromatic heterocycles. The van der Waals surface area contributed by atoms with Gasteiger partial charge in [-0.15, -0.1) is 0 Å². The molecular weight excluding hydrogens is 422 g/mol. The summed E-state index contributed by atoms with van der Waals surface area (Å²) in [7, 11) is 1.53. The van der Waals surface area contributed by atoms with Crippen molar-refractivity contribution in [1.82, 2.24) is 10.3 Å². The van der Waals surface area contributed by atoms with Crippen LogP contribution in [0.15, 0.2) is 60.9 Å². The van der Waals surface area contributed by atoms with Gasteiger partial charge in [0, 0.05) is 24.5 Å². The maximum absolute atomic E-state index is 12.6. The van der Waals surface area contributed by atoms with Crippen LogP contribution in [-0.4, -0.2) is 22.9 Å². The number of halogens is 1. The lowest BCUT2D eigenvalue weighted by Gasteiger charge is -2.17. The lowest BCUT2D eigenvalue weighted by molar-refractivity contribution is -0.384. The van der Waals surface area contributed by atoms with Gasteiger partial charge in [0.1, 0.15) is 6.61 Å².